The molecule has 0 saturated carbocycles. The van der Waals surface area contributed by atoms with Gasteiger partial charge in [-0.2, -0.15) is 0 Å². The summed E-state index contributed by atoms with van der Waals surface area (Å²) in [6, 6.07) is 11.4. The number of hydrogen-bond acceptors (Lipinski definition) is 5. The summed E-state index contributed by atoms with van der Waals surface area (Å²) >= 11 is 1.17. The van der Waals surface area contributed by atoms with Gasteiger partial charge in [-0.3, -0.25) is 4.79 Å². The zero-order chi connectivity index (χ0) is 19.2. The van der Waals surface area contributed by atoms with Gasteiger partial charge in [0.25, 0.3) is 0 Å². The number of hydrogen-bond donors (Lipinski definition) is 2. The average molecular weight is 396 g/mol. The minimum absolute atomic E-state index is 0.142. The van der Waals surface area contributed by atoms with E-state index in [1.165, 1.54) is 23.8 Å². The topological polar surface area (TPSA) is 78.5 Å². The highest BCUT2D eigenvalue weighted by molar-refractivity contribution is 7.91. The molecule has 1 heterocycles. The Morgan fingerprint density at radius 1 is 1.23 bits per heavy atom. The number of amides is 1. The van der Waals surface area contributed by atoms with Crippen LogP contribution in [-0.4, -0.2) is 34.0 Å². The van der Waals surface area contributed by atoms with Crippen LogP contribution in [0.15, 0.2) is 40.6 Å². The highest BCUT2D eigenvalue weighted by atomic mass is 32.2. The fourth-order valence-corrected chi connectivity index (χ4v) is 4.85. The summed E-state index contributed by atoms with van der Waals surface area (Å²) in [7, 11) is -3.54. The molecule has 26 heavy (non-hydrogen) atoms. The van der Waals surface area contributed by atoms with Crippen LogP contribution in [-0.2, 0) is 21.4 Å². The van der Waals surface area contributed by atoms with Gasteiger partial charge in [-0.25, -0.2) is 13.1 Å². The summed E-state index contributed by atoms with van der Waals surface area (Å²) in [5.74, 6) is -0.142. The van der Waals surface area contributed by atoms with Crippen molar-refractivity contribution in [2.24, 2.45) is 0 Å². The number of benzene rings is 1. The first-order valence-corrected chi connectivity index (χ1v) is 10.8. The Balaban J connectivity index is 1.94. The van der Waals surface area contributed by atoms with E-state index in [0.717, 1.165) is 17.1 Å². The molecule has 0 aliphatic rings. The number of thiophene rings is 1. The molecule has 1 amide bonds. The predicted molar refractivity (Wildman–Crippen MR) is 106 cm³/mol. The first-order valence-electron chi connectivity index (χ1n) is 8.46. The van der Waals surface area contributed by atoms with Crippen LogP contribution < -0.4 is 14.9 Å². The Hall–Kier alpha value is -1.90. The van der Waals surface area contributed by atoms with E-state index in [2.05, 4.69) is 21.0 Å². The zero-order valence-electron chi connectivity index (χ0n) is 15.3. The smallest absolute Gasteiger partial charge is 0.250 e. The summed E-state index contributed by atoms with van der Waals surface area (Å²) in [5.41, 5.74) is 2.26. The van der Waals surface area contributed by atoms with Crippen LogP contribution in [0.1, 0.15) is 24.3 Å². The first kappa shape index (κ1) is 20.4. The lowest BCUT2D eigenvalue weighted by Crippen LogP contribution is -2.34. The molecule has 0 unspecified atom stereocenters. The number of sulfonamides is 1. The molecule has 2 aromatic rings. The monoisotopic (exact) mass is 395 g/mol. The number of nitrogens with one attached hydrogen (secondary N) is 2. The van der Waals surface area contributed by atoms with E-state index in [4.69, 9.17) is 0 Å². The predicted octanol–water partition coefficient (Wildman–Crippen LogP) is 2.50. The maximum absolute atomic E-state index is 12.4. The Kier molecular flexibility index (Phi) is 7.19. The molecule has 0 aliphatic carbocycles. The second kappa shape index (κ2) is 9.16. The summed E-state index contributed by atoms with van der Waals surface area (Å²) in [4.78, 5) is 13.9. The highest BCUT2D eigenvalue weighted by Crippen LogP contribution is 2.21. The van der Waals surface area contributed by atoms with E-state index in [9.17, 15) is 13.2 Å². The molecule has 0 radical (unpaired) electrons. The van der Waals surface area contributed by atoms with Crippen molar-refractivity contribution in [3.8, 4) is 0 Å². The highest BCUT2D eigenvalue weighted by Gasteiger charge is 2.17. The molecular formula is C18H25N3O3S2. The molecule has 0 fully saturated rings. The van der Waals surface area contributed by atoms with Gasteiger partial charge in [0.15, 0.2) is 0 Å². The quantitative estimate of drug-likeness (QED) is 0.684. The fourth-order valence-electron chi connectivity index (χ4n) is 2.49. The first-order chi connectivity index (χ1) is 12.3. The van der Waals surface area contributed by atoms with Crippen molar-refractivity contribution in [3.05, 3.63) is 46.8 Å². The second-order valence-electron chi connectivity index (χ2n) is 5.95. The van der Waals surface area contributed by atoms with Crippen molar-refractivity contribution in [1.82, 2.24) is 10.0 Å². The molecule has 2 rings (SSSR count). The number of rotatable bonds is 9. The molecule has 0 bridgehead atoms. The van der Waals surface area contributed by atoms with Crippen LogP contribution in [0.4, 0.5) is 5.69 Å². The molecule has 0 aliphatic heterocycles. The van der Waals surface area contributed by atoms with Crippen molar-refractivity contribution in [2.45, 2.75) is 31.5 Å². The number of anilines is 1. The number of carbonyl (C=O) groups excluding carboxylic acids is 1. The van der Waals surface area contributed by atoms with E-state index in [1.807, 2.05) is 32.0 Å². The Morgan fingerprint density at radius 2 is 2.00 bits per heavy atom. The molecule has 1 aromatic carbocycles. The standard InChI is InChI=1S/C18H25N3O3S2/c1-4-21(16-7-5-6-14(2)12-16)11-10-20-26(23,24)18-9-8-17(25-18)13-19-15(3)22/h5-9,12,20H,4,10-11,13H2,1-3H3,(H,19,22). The third-order valence-corrected chi connectivity index (χ3v) is 6.87. The van der Waals surface area contributed by atoms with Crippen LogP contribution in [0.25, 0.3) is 0 Å². The van der Waals surface area contributed by atoms with Gasteiger partial charge in [0, 0.05) is 37.1 Å². The van der Waals surface area contributed by atoms with Gasteiger partial charge >= 0.3 is 0 Å². The molecule has 142 valence electrons. The van der Waals surface area contributed by atoms with Gasteiger partial charge in [-0.1, -0.05) is 12.1 Å². The molecule has 2 N–H and O–H groups in total. The SMILES string of the molecule is CCN(CCNS(=O)(=O)c1ccc(CNC(C)=O)s1)c1cccc(C)c1. The van der Waals surface area contributed by atoms with Crippen LogP contribution in [0.2, 0.25) is 0 Å². The Bertz CT molecular complexity index is 847. The van der Waals surface area contributed by atoms with Gasteiger partial charge in [-0.05, 0) is 43.7 Å². The van der Waals surface area contributed by atoms with E-state index < -0.39 is 10.0 Å². The summed E-state index contributed by atoms with van der Waals surface area (Å²) in [5, 5.41) is 2.66. The van der Waals surface area contributed by atoms with Crippen molar-refractivity contribution >= 4 is 33.0 Å². The Labute approximate surface area is 159 Å². The number of carbonyl (C=O) groups is 1. The van der Waals surface area contributed by atoms with Crippen LogP contribution in [0.3, 0.4) is 0 Å². The normalized spacial score (nSPS) is 11.3. The molecule has 1 aromatic heterocycles. The van der Waals surface area contributed by atoms with E-state index in [1.54, 1.807) is 12.1 Å². The van der Waals surface area contributed by atoms with Crippen LogP contribution in [0.5, 0.6) is 0 Å². The van der Waals surface area contributed by atoms with Crippen molar-refractivity contribution in [2.75, 3.05) is 24.5 Å². The third kappa shape index (κ3) is 5.82. The molecule has 6 nitrogen and oxygen atoms in total. The van der Waals surface area contributed by atoms with E-state index in [-0.39, 0.29) is 10.1 Å². The minimum atomic E-state index is -3.54. The number of nitrogens with zero attached hydrogens (tertiary/aromatic N) is 1. The summed E-state index contributed by atoms with van der Waals surface area (Å²) < 4.78 is 27.8. The molecule has 0 saturated heterocycles. The fraction of sp³-hybridized carbons (Fsp3) is 0.389. The number of likely N-dealkylation sites (N-methyl/N-ethyl adjacent to an activating group) is 1. The summed E-state index contributed by atoms with van der Waals surface area (Å²) in [6.07, 6.45) is 0. The maximum atomic E-state index is 12.4. The van der Waals surface area contributed by atoms with Gasteiger partial charge in [0.2, 0.25) is 15.9 Å². The molecule has 8 heteroatoms. The van der Waals surface area contributed by atoms with Gasteiger partial charge in [-0.15, -0.1) is 11.3 Å². The zero-order valence-corrected chi connectivity index (χ0v) is 16.9. The largest absolute Gasteiger partial charge is 0.370 e. The average Bonchev–Trinajstić information content (AvgIpc) is 3.07. The second-order valence-corrected chi connectivity index (χ2v) is 9.11. The Morgan fingerprint density at radius 3 is 2.65 bits per heavy atom. The lowest BCUT2D eigenvalue weighted by molar-refractivity contribution is -0.119. The van der Waals surface area contributed by atoms with Gasteiger partial charge < -0.3 is 10.2 Å². The van der Waals surface area contributed by atoms with Gasteiger partial charge in [0.1, 0.15) is 4.21 Å². The molecule has 0 spiro atoms. The van der Waals surface area contributed by atoms with Crippen LogP contribution in [0, 0.1) is 6.92 Å². The molecular weight excluding hydrogens is 370 g/mol. The van der Waals surface area contributed by atoms with Crippen LogP contribution >= 0.6 is 11.3 Å². The lowest BCUT2D eigenvalue weighted by Gasteiger charge is -2.23. The summed E-state index contributed by atoms with van der Waals surface area (Å²) in [6.45, 7) is 7.56. The number of aryl methyl sites for hydroxylation is 1. The van der Waals surface area contributed by atoms with Crippen molar-refractivity contribution < 1.29 is 13.2 Å². The minimum Gasteiger partial charge on any atom is -0.370 e. The molecule has 0 atom stereocenters. The van der Waals surface area contributed by atoms with E-state index >= 15 is 0 Å². The lowest BCUT2D eigenvalue weighted by atomic mass is 10.2. The van der Waals surface area contributed by atoms with E-state index in [0.29, 0.717) is 19.6 Å². The third-order valence-electron chi connectivity index (χ3n) is 3.84. The van der Waals surface area contributed by atoms with Gasteiger partial charge in [0.05, 0.1) is 6.54 Å². The van der Waals surface area contributed by atoms with Crippen molar-refractivity contribution in [1.29, 1.82) is 0 Å². The maximum Gasteiger partial charge on any atom is 0.250 e. The van der Waals surface area contributed by atoms with Crippen molar-refractivity contribution in [3.63, 3.8) is 0 Å².